The van der Waals surface area contributed by atoms with Crippen LogP contribution >= 0.6 is 0 Å². The van der Waals surface area contributed by atoms with Crippen molar-refractivity contribution in [3.8, 4) is 11.8 Å². The van der Waals surface area contributed by atoms with Crippen molar-refractivity contribution >= 4 is 18.0 Å². The Morgan fingerprint density at radius 1 is 1.37 bits per heavy atom. The maximum absolute atomic E-state index is 11.4. The van der Waals surface area contributed by atoms with Gasteiger partial charge < -0.3 is 20.5 Å². The summed E-state index contributed by atoms with van der Waals surface area (Å²) in [5, 5.41) is 13.6. The number of rotatable bonds is 7. The van der Waals surface area contributed by atoms with Gasteiger partial charge in [0, 0.05) is 19.4 Å². The quantitative estimate of drug-likeness (QED) is 0.346. The zero-order chi connectivity index (χ0) is 14.7. The third kappa shape index (κ3) is 8.49. The standard InChI is InChI=1S/C12H18N2O5/c1-3-4-5-8-13-12(18)14-9(11(16)17)6-7-10(15)19-2/h9H,5-8H2,1-2H3,(H,16,17)(H2,13,14,18)/t9-/m1/s1. The van der Waals surface area contributed by atoms with E-state index in [-0.39, 0.29) is 12.8 Å². The normalized spacial score (nSPS) is 10.6. The van der Waals surface area contributed by atoms with Crippen molar-refractivity contribution in [1.29, 1.82) is 0 Å². The first-order valence-electron chi connectivity index (χ1n) is 5.74. The molecule has 2 amide bonds. The van der Waals surface area contributed by atoms with Crippen LogP contribution in [0.5, 0.6) is 0 Å². The SMILES string of the molecule is CC#CCCNC(=O)N[C@H](CCC(=O)OC)C(=O)O. The van der Waals surface area contributed by atoms with Gasteiger partial charge in [0.25, 0.3) is 0 Å². The summed E-state index contributed by atoms with van der Waals surface area (Å²) < 4.78 is 4.40. The molecule has 0 aromatic heterocycles. The molecule has 7 nitrogen and oxygen atoms in total. The molecule has 0 bridgehead atoms. The van der Waals surface area contributed by atoms with Gasteiger partial charge in [-0.3, -0.25) is 4.79 Å². The minimum Gasteiger partial charge on any atom is -0.480 e. The van der Waals surface area contributed by atoms with Crippen LogP contribution in [0.3, 0.4) is 0 Å². The predicted molar refractivity (Wildman–Crippen MR) is 67.3 cm³/mol. The van der Waals surface area contributed by atoms with Gasteiger partial charge >= 0.3 is 18.0 Å². The molecular formula is C12H18N2O5. The van der Waals surface area contributed by atoms with Gasteiger partial charge in [0.15, 0.2) is 0 Å². The van der Waals surface area contributed by atoms with Gasteiger partial charge in [-0.25, -0.2) is 9.59 Å². The topological polar surface area (TPSA) is 105 Å². The number of amides is 2. The number of carbonyl (C=O) groups is 3. The van der Waals surface area contributed by atoms with E-state index >= 15 is 0 Å². The van der Waals surface area contributed by atoms with Crippen LogP contribution in [0, 0.1) is 11.8 Å². The molecule has 106 valence electrons. The highest BCUT2D eigenvalue weighted by molar-refractivity contribution is 5.83. The minimum absolute atomic E-state index is 0.0236. The van der Waals surface area contributed by atoms with Gasteiger partial charge in [0.1, 0.15) is 6.04 Å². The molecule has 7 heteroatoms. The lowest BCUT2D eigenvalue weighted by molar-refractivity contribution is -0.142. The summed E-state index contributed by atoms with van der Waals surface area (Å²) in [6, 6.07) is -1.73. The third-order valence-electron chi connectivity index (χ3n) is 2.18. The molecule has 0 spiro atoms. The number of methoxy groups -OCH3 is 1. The second-order valence-corrected chi connectivity index (χ2v) is 3.58. The van der Waals surface area contributed by atoms with E-state index in [1.54, 1.807) is 6.92 Å². The van der Waals surface area contributed by atoms with E-state index in [4.69, 9.17) is 5.11 Å². The number of nitrogens with one attached hydrogen (secondary N) is 2. The van der Waals surface area contributed by atoms with Crippen LogP contribution in [0.2, 0.25) is 0 Å². The number of carboxylic acids is 1. The highest BCUT2D eigenvalue weighted by Crippen LogP contribution is 1.99. The van der Waals surface area contributed by atoms with Crippen molar-refractivity contribution in [2.75, 3.05) is 13.7 Å². The summed E-state index contributed by atoms with van der Waals surface area (Å²) >= 11 is 0. The van der Waals surface area contributed by atoms with Crippen LogP contribution in [-0.2, 0) is 14.3 Å². The molecule has 3 N–H and O–H groups in total. The zero-order valence-corrected chi connectivity index (χ0v) is 11.0. The van der Waals surface area contributed by atoms with Gasteiger partial charge in [-0.1, -0.05) is 0 Å². The first kappa shape index (κ1) is 16.8. The molecule has 0 aromatic carbocycles. The molecule has 0 unspecified atom stereocenters. The zero-order valence-electron chi connectivity index (χ0n) is 11.0. The van der Waals surface area contributed by atoms with E-state index in [0.717, 1.165) is 0 Å². The Balaban J connectivity index is 4.10. The van der Waals surface area contributed by atoms with E-state index in [0.29, 0.717) is 13.0 Å². The second-order valence-electron chi connectivity index (χ2n) is 3.58. The van der Waals surface area contributed by atoms with Gasteiger partial charge in [-0.05, 0) is 13.3 Å². The van der Waals surface area contributed by atoms with Crippen molar-refractivity contribution in [1.82, 2.24) is 10.6 Å². The summed E-state index contributed by atoms with van der Waals surface area (Å²) in [6.45, 7) is 2.02. The van der Waals surface area contributed by atoms with Crippen LogP contribution in [0.4, 0.5) is 4.79 Å². The van der Waals surface area contributed by atoms with Crippen LogP contribution < -0.4 is 10.6 Å². The highest BCUT2D eigenvalue weighted by Gasteiger charge is 2.20. The summed E-state index contributed by atoms with van der Waals surface area (Å²) in [4.78, 5) is 33.2. The molecule has 0 aliphatic heterocycles. The Labute approximate surface area is 111 Å². The fraction of sp³-hybridized carbons (Fsp3) is 0.583. The molecule has 1 atom stereocenters. The number of hydrogen-bond donors (Lipinski definition) is 3. The number of hydrogen-bond acceptors (Lipinski definition) is 4. The molecular weight excluding hydrogens is 252 g/mol. The molecule has 0 saturated carbocycles. The lowest BCUT2D eigenvalue weighted by Crippen LogP contribution is -2.46. The molecule has 0 heterocycles. The average molecular weight is 270 g/mol. The fourth-order valence-electron chi connectivity index (χ4n) is 1.19. The maximum Gasteiger partial charge on any atom is 0.326 e. The van der Waals surface area contributed by atoms with E-state index in [9.17, 15) is 14.4 Å². The molecule has 0 aliphatic rings. The number of urea groups is 1. The van der Waals surface area contributed by atoms with Crippen molar-refractivity contribution in [3.05, 3.63) is 0 Å². The number of esters is 1. The Morgan fingerprint density at radius 2 is 2.05 bits per heavy atom. The molecule has 0 fully saturated rings. The van der Waals surface area contributed by atoms with Gasteiger partial charge in [0.2, 0.25) is 0 Å². The Hall–Kier alpha value is -2.23. The van der Waals surface area contributed by atoms with Crippen LogP contribution in [-0.4, -0.2) is 42.8 Å². The van der Waals surface area contributed by atoms with Crippen molar-refractivity contribution in [2.45, 2.75) is 32.2 Å². The first-order chi connectivity index (χ1) is 9.01. The number of carbonyl (C=O) groups excluding carboxylic acids is 2. The minimum atomic E-state index is -1.20. The molecule has 0 aliphatic carbocycles. The Kier molecular flexibility index (Phi) is 8.62. The molecule has 0 radical (unpaired) electrons. The van der Waals surface area contributed by atoms with E-state index in [1.807, 2.05) is 0 Å². The van der Waals surface area contributed by atoms with Gasteiger partial charge in [0.05, 0.1) is 7.11 Å². The van der Waals surface area contributed by atoms with Crippen LogP contribution in [0.25, 0.3) is 0 Å². The first-order valence-corrected chi connectivity index (χ1v) is 5.74. The summed E-state index contributed by atoms with van der Waals surface area (Å²) in [7, 11) is 1.22. The summed E-state index contributed by atoms with van der Waals surface area (Å²) in [5.74, 6) is 3.71. The van der Waals surface area contributed by atoms with Crippen molar-refractivity contribution in [3.63, 3.8) is 0 Å². The highest BCUT2D eigenvalue weighted by atomic mass is 16.5. The average Bonchev–Trinajstić information content (AvgIpc) is 2.38. The maximum atomic E-state index is 11.4. The third-order valence-corrected chi connectivity index (χ3v) is 2.18. The lowest BCUT2D eigenvalue weighted by atomic mass is 10.1. The smallest absolute Gasteiger partial charge is 0.326 e. The molecule has 19 heavy (non-hydrogen) atoms. The molecule has 0 rings (SSSR count). The summed E-state index contributed by atoms with van der Waals surface area (Å²) in [6.07, 6.45) is 0.392. The van der Waals surface area contributed by atoms with E-state index < -0.39 is 24.0 Å². The Bertz CT molecular complexity index is 383. The number of carboxylic acid groups (broad SMARTS) is 1. The van der Waals surface area contributed by atoms with E-state index in [2.05, 4.69) is 27.2 Å². The van der Waals surface area contributed by atoms with Crippen molar-refractivity contribution < 1.29 is 24.2 Å². The fourth-order valence-corrected chi connectivity index (χ4v) is 1.19. The van der Waals surface area contributed by atoms with E-state index in [1.165, 1.54) is 7.11 Å². The van der Waals surface area contributed by atoms with Crippen molar-refractivity contribution in [2.24, 2.45) is 0 Å². The van der Waals surface area contributed by atoms with Gasteiger partial charge in [-0.15, -0.1) is 11.8 Å². The number of ether oxygens (including phenoxy) is 1. The molecule has 0 aromatic rings. The predicted octanol–water partition coefficient (Wildman–Crippen LogP) is 0.105. The lowest BCUT2D eigenvalue weighted by Gasteiger charge is -2.14. The largest absolute Gasteiger partial charge is 0.480 e. The second kappa shape index (κ2) is 9.76. The Morgan fingerprint density at radius 3 is 2.58 bits per heavy atom. The van der Waals surface area contributed by atoms with Gasteiger partial charge in [-0.2, -0.15) is 0 Å². The number of aliphatic carboxylic acids is 1. The summed E-state index contributed by atoms with van der Waals surface area (Å²) in [5.41, 5.74) is 0. The van der Waals surface area contributed by atoms with Crippen LogP contribution in [0.15, 0.2) is 0 Å². The van der Waals surface area contributed by atoms with Crippen LogP contribution in [0.1, 0.15) is 26.2 Å². The monoisotopic (exact) mass is 270 g/mol. The molecule has 0 saturated heterocycles.